The predicted octanol–water partition coefficient (Wildman–Crippen LogP) is -3.36. The van der Waals surface area contributed by atoms with Crippen LogP contribution in [0.5, 0.6) is 0 Å². The Morgan fingerprint density at radius 3 is 1.35 bits per heavy atom. The standard InChI is InChI=1S/C29H47N9O10.C3H8/c1-17(48-4)27(45)36-18(13-23(41)34-9-7-32-21(39)5-11-37-25(43)15-19(30-2)28(37)46)14-24(42)35-10-8-33-22(40)6-12-38-26(44)16-20(31-3)29(38)47;1-3-2/h17-20,30-31H,5-16H2,1-4H3,(H,32,39)(H,33,40)(H,34,41)(H,35,42)(H,36,45);3H2,1-2H3. The summed E-state index contributed by atoms with van der Waals surface area (Å²) < 4.78 is 5.00. The van der Waals surface area contributed by atoms with Crippen LogP contribution in [0.3, 0.4) is 0 Å². The molecule has 2 rings (SSSR count). The molecule has 0 radical (unpaired) electrons. The first-order valence-corrected chi connectivity index (χ1v) is 17.2. The van der Waals surface area contributed by atoms with E-state index in [9.17, 15) is 43.2 Å². The van der Waals surface area contributed by atoms with Crippen molar-refractivity contribution in [3.8, 4) is 0 Å². The Morgan fingerprint density at radius 2 is 1.04 bits per heavy atom. The molecule has 3 unspecified atom stereocenters. The number of likely N-dealkylation sites (tertiary alicyclic amines) is 2. The van der Waals surface area contributed by atoms with Crippen LogP contribution >= 0.6 is 0 Å². The van der Waals surface area contributed by atoms with Gasteiger partial charge in [-0.3, -0.25) is 53.0 Å². The average Bonchev–Trinajstić information content (AvgIpc) is 3.53. The first-order valence-electron chi connectivity index (χ1n) is 17.2. The zero-order chi connectivity index (χ0) is 38.5. The monoisotopic (exact) mass is 725 g/mol. The molecule has 0 saturated carbocycles. The Bertz CT molecular complexity index is 1170. The molecule has 0 bridgehead atoms. The van der Waals surface area contributed by atoms with Crippen LogP contribution in [0.1, 0.15) is 65.7 Å². The van der Waals surface area contributed by atoms with E-state index in [1.54, 1.807) is 14.1 Å². The third-order valence-corrected chi connectivity index (χ3v) is 7.78. The number of rotatable bonds is 21. The van der Waals surface area contributed by atoms with Gasteiger partial charge in [0.25, 0.3) is 0 Å². The number of amides is 9. The van der Waals surface area contributed by atoms with Crippen LogP contribution in [0.25, 0.3) is 0 Å². The molecule has 7 N–H and O–H groups in total. The number of ether oxygens (including phenoxy) is 1. The molecular formula is C32H55N9O10. The summed E-state index contributed by atoms with van der Waals surface area (Å²) in [5.74, 6) is -3.82. The number of carbonyl (C=O) groups excluding carboxylic acids is 9. The van der Waals surface area contributed by atoms with E-state index in [1.807, 2.05) is 0 Å². The molecular weight excluding hydrogens is 670 g/mol. The lowest BCUT2D eigenvalue weighted by Gasteiger charge is -2.20. The number of hydrogen-bond acceptors (Lipinski definition) is 12. The van der Waals surface area contributed by atoms with Gasteiger partial charge in [-0.1, -0.05) is 20.3 Å². The van der Waals surface area contributed by atoms with Gasteiger partial charge in [0, 0.05) is 78.1 Å². The van der Waals surface area contributed by atoms with E-state index in [0.717, 1.165) is 9.80 Å². The first kappa shape index (κ1) is 44.5. The van der Waals surface area contributed by atoms with Gasteiger partial charge in [0.15, 0.2) is 0 Å². The Morgan fingerprint density at radius 1 is 0.686 bits per heavy atom. The molecule has 288 valence electrons. The highest BCUT2D eigenvalue weighted by atomic mass is 16.5. The quantitative estimate of drug-likeness (QED) is 0.0453. The summed E-state index contributed by atoms with van der Waals surface area (Å²) in [6.07, 6.45) is -0.199. The maximum atomic E-state index is 12.6. The molecule has 2 fully saturated rings. The van der Waals surface area contributed by atoms with Crippen molar-refractivity contribution in [2.45, 2.75) is 89.9 Å². The lowest BCUT2D eigenvalue weighted by atomic mass is 10.1. The molecule has 19 nitrogen and oxygen atoms in total. The maximum absolute atomic E-state index is 12.6. The highest BCUT2D eigenvalue weighted by molar-refractivity contribution is 6.06. The van der Waals surface area contributed by atoms with Gasteiger partial charge in [0.2, 0.25) is 53.2 Å². The van der Waals surface area contributed by atoms with Crippen LogP contribution in [0.4, 0.5) is 0 Å². The van der Waals surface area contributed by atoms with Crippen LogP contribution in [0, 0.1) is 0 Å². The van der Waals surface area contributed by atoms with Gasteiger partial charge in [0.05, 0.1) is 24.9 Å². The first-order chi connectivity index (χ1) is 24.2. The minimum Gasteiger partial charge on any atom is -0.372 e. The SMILES string of the molecule is CCC.CNC1CC(=O)N(CCC(=O)NCCNC(=O)CC(CC(=O)NCCNC(=O)CCN2C(=O)CC(NC)C2=O)NC(=O)C(C)OC)C1=O. The van der Waals surface area contributed by atoms with Gasteiger partial charge in [-0.15, -0.1) is 0 Å². The molecule has 0 aromatic rings. The summed E-state index contributed by atoms with van der Waals surface area (Å²) in [5, 5.41) is 18.5. The number of imide groups is 2. The van der Waals surface area contributed by atoms with Gasteiger partial charge in [0.1, 0.15) is 6.10 Å². The number of carbonyl (C=O) groups is 9. The van der Waals surface area contributed by atoms with Crippen molar-refractivity contribution < 1.29 is 47.9 Å². The van der Waals surface area contributed by atoms with E-state index in [2.05, 4.69) is 51.1 Å². The van der Waals surface area contributed by atoms with E-state index < -0.39 is 53.8 Å². The van der Waals surface area contributed by atoms with Gasteiger partial charge in [-0.25, -0.2) is 0 Å². The third-order valence-electron chi connectivity index (χ3n) is 7.78. The van der Waals surface area contributed by atoms with Crippen LogP contribution in [-0.2, 0) is 47.9 Å². The van der Waals surface area contributed by atoms with Crippen LogP contribution in [0.2, 0.25) is 0 Å². The van der Waals surface area contributed by atoms with Crippen LogP contribution in [-0.4, -0.2) is 148 Å². The summed E-state index contributed by atoms with van der Waals surface area (Å²) in [4.78, 5) is 112. The van der Waals surface area contributed by atoms with Gasteiger partial charge in [-0.05, 0) is 21.0 Å². The molecule has 0 aromatic carbocycles. The number of nitrogens with zero attached hydrogens (tertiary/aromatic N) is 2. The van der Waals surface area contributed by atoms with Crippen molar-refractivity contribution in [1.82, 2.24) is 47.0 Å². The van der Waals surface area contributed by atoms with Gasteiger partial charge >= 0.3 is 0 Å². The van der Waals surface area contributed by atoms with Crippen molar-refractivity contribution >= 4 is 53.2 Å². The third kappa shape index (κ3) is 15.9. The Balaban J connectivity index is 0.00000418. The smallest absolute Gasteiger partial charge is 0.249 e. The lowest BCUT2D eigenvalue weighted by molar-refractivity contribution is -0.141. The topological polar surface area (TPSA) is 254 Å². The second-order valence-electron chi connectivity index (χ2n) is 12.0. The number of likely N-dealkylation sites (N-methyl/N-ethyl adjacent to an activating group) is 2. The Labute approximate surface area is 298 Å². The molecule has 2 aliphatic rings. The Hall–Kier alpha value is -4.49. The van der Waals surface area contributed by atoms with E-state index in [1.165, 1.54) is 20.5 Å². The molecule has 19 heteroatoms. The van der Waals surface area contributed by atoms with E-state index >= 15 is 0 Å². The summed E-state index contributed by atoms with van der Waals surface area (Å²) in [6, 6.07) is -2.08. The number of hydrogen-bond donors (Lipinski definition) is 7. The fourth-order valence-electron chi connectivity index (χ4n) is 4.89. The van der Waals surface area contributed by atoms with Crippen molar-refractivity contribution in [3.63, 3.8) is 0 Å². The van der Waals surface area contributed by atoms with Crippen LogP contribution in [0.15, 0.2) is 0 Å². The summed E-state index contributed by atoms with van der Waals surface area (Å²) in [7, 11) is 4.49. The minimum absolute atomic E-state index is 0.0432. The van der Waals surface area contributed by atoms with E-state index in [-0.39, 0.29) is 101 Å². The molecule has 0 aliphatic carbocycles. The van der Waals surface area contributed by atoms with Crippen molar-refractivity contribution in [1.29, 1.82) is 0 Å². The molecule has 3 atom stereocenters. The summed E-state index contributed by atoms with van der Waals surface area (Å²) in [5.41, 5.74) is 0. The predicted molar refractivity (Wildman–Crippen MR) is 183 cm³/mol. The van der Waals surface area contributed by atoms with Crippen molar-refractivity contribution in [2.75, 3.05) is 60.5 Å². The van der Waals surface area contributed by atoms with Gasteiger partial charge < -0.3 is 42.0 Å². The number of methoxy groups -OCH3 is 1. The second kappa shape index (κ2) is 23.8. The highest BCUT2D eigenvalue weighted by Crippen LogP contribution is 2.14. The lowest BCUT2D eigenvalue weighted by Crippen LogP contribution is -2.46. The minimum atomic E-state index is -0.895. The molecule has 2 saturated heterocycles. The highest BCUT2D eigenvalue weighted by Gasteiger charge is 2.38. The molecule has 0 spiro atoms. The fraction of sp³-hybridized carbons (Fsp3) is 0.719. The molecule has 2 heterocycles. The van der Waals surface area contributed by atoms with E-state index in [0.29, 0.717) is 0 Å². The average molecular weight is 726 g/mol. The van der Waals surface area contributed by atoms with Crippen molar-refractivity contribution in [3.05, 3.63) is 0 Å². The molecule has 9 amide bonds. The fourth-order valence-corrected chi connectivity index (χ4v) is 4.89. The maximum Gasteiger partial charge on any atom is 0.249 e. The molecule has 0 aromatic heterocycles. The zero-order valence-electron chi connectivity index (χ0n) is 30.5. The second-order valence-corrected chi connectivity index (χ2v) is 12.0. The number of nitrogens with one attached hydrogen (secondary N) is 7. The Kier molecular flexibility index (Phi) is 20.8. The van der Waals surface area contributed by atoms with Crippen molar-refractivity contribution in [2.24, 2.45) is 0 Å². The largest absolute Gasteiger partial charge is 0.372 e. The van der Waals surface area contributed by atoms with E-state index in [4.69, 9.17) is 4.74 Å². The van der Waals surface area contributed by atoms with Gasteiger partial charge in [-0.2, -0.15) is 0 Å². The summed E-state index contributed by atoms with van der Waals surface area (Å²) >= 11 is 0. The summed E-state index contributed by atoms with van der Waals surface area (Å²) in [6.45, 7) is 5.87. The zero-order valence-corrected chi connectivity index (χ0v) is 30.5. The normalized spacial score (nSPS) is 18.1. The molecule has 51 heavy (non-hydrogen) atoms. The molecule has 2 aliphatic heterocycles. The van der Waals surface area contributed by atoms with Crippen LogP contribution < -0.4 is 37.2 Å².